The third kappa shape index (κ3) is 3.92. The molecule has 0 aliphatic carbocycles. The topological polar surface area (TPSA) is 12.0 Å². The van der Waals surface area contributed by atoms with Gasteiger partial charge in [0.2, 0.25) is 0 Å². The first kappa shape index (κ1) is 16.2. The van der Waals surface area contributed by atoms with Crippen molar-refractivity contribution < 1.29 is 4.39 Å². The minimum Gasteiger partial charge on any atom is -0.310 e. The largest absolute Gasteiger partial charge is 0.310 e. The van der Waals surface area contributed by atoms with E-state index in [4.69, 9.17) is 0 Å². The molecule has 1 N–H and O–H groups in total. The van der Waals surface area contributed by atoms with Crippen LogP contribution in [-0.2, 0) is 6.42 Å². The molecule has 1 unspecified atom stereocenters. The summed E-state index contributed by atoms with van der Waals surface area (Å²) in [6, 6.07) is 11.4. The van der Waals surface area contributed by atoms with E-state index in [1.54, 1.807) is 12.1 Å². The number of rotatable bonds is 5. The highest BCUT2D eigenvalue weighted by Crippen LogP contribution is 2.28. The molecule has 0 spiro atoms. The van der Waals surface area contributed by atoms with Crippen molar-refractivity contribution in [3.05, 3.63) is 68.9 Å². The molecule has 112 valence electrons. The summed E-state index contributed by atoms with van der Waals surface area (Å²) in [6.45, 7) is 7.24. The van der Waals surface area contributed by atoms with Crippen molar-refractivity contribution in [2.75, 3.05) is 6.54 Å². The van der Waals surface area contributed by atoms with Crippen molar-refractivity contribution in [1.29, 1.82) is 0 Å². The molecular formula is C18H21BrFN. The van der Waals surface area contributed by atoms with Gasteiger partial charge in [0.25, 0.3) is 0 Å². The van der Waals surface area contributed by atoms with Gasteiger partial charge in [0.1, 0.15) is 5.82 Å². The summed E-state index contributed by atoms with van der Waals surface area (Å²) in [5, 5.41) is 3.53. The molecule has 2 rings (SSSR count). The average molecular weight is 350 g/mol. The zero-order chi connectivity index (χ0) is 15.4. The van der Waals surface area contributed by atoms with E-state index in [9.17, 15) is 4.39 Å². The molecule has 0 bridgehead atoms. The SMILES string of the molecule is CCNC(Cc1cc(F)ccc1Br)c1c(C)cccc1C. The fourth-order valence-corrected chi connectivity index (χ4v) is 3.23. The van der Waals surface area contributed by atoms with Crippen LogP contribution in [0.3, 0.4) is 0 Å². The lowest BCUT2D eigenvalue weighted by Gasteiger charge is -2.23. The van der Waals surface area contributed by atoms with Crippen LogP contribution in [0, 0.1) is 19.7 Å². The number of halogens is 2. The Hall–Kier alpha value is -1.19. The van der Waals surface area contributed by atoms with Crippen molar-refractivity contribution in [2.24, 2.45) is 0 Å². The summed E-state index contributed by atoms with van der Waals surface area (Å²) in [4.78, 5) is 0. The number of hydrogen-bond donors (Lipinski definition) is 1. The quantitative estimate of drug-likeness (QED) is 0.791. The van der Waals surface area contributed by atoms with Gasteiger partial charge in [-0.15, -0.1) is 0 Å². The summed E-state index contributed by atoms with van der Waals surface area (Å²) >= 11 is 3.53. The fourth-order valence-electron chi connectivity index (χ4n) is 2.82. The van der Waals surface area contributed by atoms with E-state index in [0.717, 1.165) is 23.0 Å². The lowest BCUT2D eigenvalue weighted by atomic mass is 9.91. The summed E-state index contributed by atoms with van der Waals surface area (Å²) in [5.74, 6) is -0.190. The van der Waals surface area contributed by atoms with E-state index in [2.05, 4.69) is 60.2 Å². The van der Waals surface area contributed by atoms with Crippen LogP contribution in [0.15, 0.2) is 40.9 Å². The highest BCUT2D eigenvalue weighted by Gasteiger charge is 2.17. The van der Waals surface area contributed by atoms with E-state index < -0.39 is 0 Å². The lowest BCUT2D eigenvalue weighted by Crippen LogP contribution is -2.24. The van der Waals surface area contributed by atoms with Crippen LogP contribution in [0.2, 0.25) is 0 Å². The molecule has 0 fully saturated rings. The zero-order valence-corrected chi connectivity index (χ0v) is 14.3. The maximum absolute atomic E-state index is 13.5. The number of hydrogen-bond acceptors (Lipinski definition) is 1. The first-order valence-electron chi connectivity index (χ1n) is 7.26. The number of nitrogens with one attached hydrogen (secondary N) is 1. The van der Waals surface area contributed by atoms with Crippen LogP contribution >= 0.6 is 15.9 Å². The normalized spacial score (nSPS) is 12.4. The van der Waals surface area contributed by atoms with Crippen LogP contribution in [0.1, 0.15) is 35.2 Å². The summed E-state index contributed by atoms with van der Waals surface area (Å²) < 4.78 is 14.5. The van der Waals surface area contributed by atoms with Gasteiger partial charge in [-0.2, -0.15) is 0 Å². The van der Waals surface area contributed by atoms with Crippen LogP contribution in [0.25, 0.3) is 0 Å². The van der Waals surface area contributed by atoms with Gasteiger partial charge >= 0.3 is 0 Å². The van der Waals surface area contributed by atoms with Crippen LogP contribution in [0.5, 0.6) is 0 Å². The summed E-state index contributed by atoms with van der Waals surface area (Å²) in [6.07, 6.45) is 0.762. The van der Waals surface area contributed by atoms with Crippen molar-refractivity contribution in [2.45, 2.75) is 33.2 Å². The van der Waals surface area contributed by atoms with E-state index >= 15 is 0 Å². The maximum Gasteiger partial charge on any atom is 0.123 e. The minimum atomic E-state index is -0.190. The molecule has 2 aromatic rings. The Balaban J connectivity index is 2.38. The van der Waals surface area contributed by atoms with E-state index in [-0.39, 0.29) is 11.9 Å². The second-order valence-electron chi connectivity index (χ2n) is 5.36. The Morgan fingerprint density at radius 2 is 1.81 bits per heavy atom. The molecule has 0 amide bonds. The monoisotopic (exact) mass is 349 g/mol. The molecule has 2 aromatic carbocycles. The molecule has 3 heteroatoms. The third-order valence-corrected chi connectivity index (χ3v) is 4.55. The maximum atomic E-state index is 13.5. The Kier molecular flexibility index (Phi) is 5.54. The van der Waals surface area contributed by atoms with Gasteiger partial charge in [0.15, 0.2) is 0 Å². The molecule has 0 aromatic heterocycles. The Labute approximate surface area is 134 Å². The predicted octanol–water partition coefficient (Wildman–Crippen LogP) is 5.10. The Morgan fingerprint density at radius 3 is 2.43 bits per heavy atom. The lowest BCUT2D eigenvalue weighted by molar-refractivity contribution is 0.541. The van der Waals surface area contributed by atoms with Gasteiger partial charge in [0, 0.05) is 10.5 Å². The van der Waals surface area contributed by atoms with Gasteiger partial charge in [-0.25, -0.2) is 4.39 Å². The highest BCUT2D eigenvalue weighted by molar-refractivity contribution is 9.10. The van der Waals surface area contributed by atoms with Gasteiger partial charge < -0.3 is 5.32 Å². The first-order chi connectivity index (χ1) is 10.0. The molecule has 21 heavy (non-hydrogen) atoms. The van der Waals surface area contributed by atoms with E-state index in [1.807, 2.05) is 0 Å². The molecule has 1 nitrogen and oxygen atoms in total. The van der Waals surface area contributed by atoms with Crippen LogP contribution in [0.4, 0.5) is 4.39 Å². The molecule has 0 saturated carbocycles. The summed E-state index contributed by atoms with van der Waals surface area (Å²) in [5.41, 5.74) is 4.85. The highest BCUT2D eigenvalue weighted by atomic mass is 79.9. The molecule has 0 radical (unpaired) electrons. The zero-order valence-electron chi connectivity index (χ0n) is 12.7. The van der Waals surface area contributed by atoms with Crippen molar-refractivity contribution in [3.8, 4) is 0 Å². The van der Waals surface area contributed by atoms with Crippen molar-refractivity contribution in [3.63, 3.8) is 0 Å². The Bertz CT molecular complexity index is 604. The van der Waals surface area contributed by atoms with E-state index in [1.165, 1.54) is 22.8 Å². The van der Waals surface area contributed by atoms with Crippen molar-refractivity contribution >= 4 is 15.9 Å². The predicted molar refractivity (Wildman–Crippen MR) is 90.1 cm³/mol. The van der Waals surface area contributed by atoms with Crippen LogP contribution < -0.4 is 5.32 Å². The molecule has 0 aliphatic rings. The number of aryl methyl sites for hydroxylation is 2. The first-order valence-corrected chi connectivity index (χ1v) is 8.05. The second kappa shape index (κ2) is 7.19. The van der Waals surface area contributed by atoms with Crippen LogP contribution in [-0.4, -0.2) is 6.54 Å². The van der Waals surface area contributed by atoms with Crippen molar-refractivity contribution in [1.82, 2.24) is 5.32 Å². The minimum absolute atomic E-state index is 0.189. The molecule has 0 aliphatic heterocycles. The van der Waals surface area contributed by atoms with Gasteiger partial charge in [-0.1, -0.05) is 41.1 Å². The standard InChI is InChI=1S/C18H21BrFN/c1-4-21-17(18-12(2)6-5-7-13(18)3)11-14-10-15(20)8-9-16(14)19/h5-10,17,21H,4,11H2,1-3H3. The average Bonchev–Trinajstić information content (AvgIpc) is 2.43. The molecular weight excluding hydrogens is 329 g/mol. The molecule has 0 saturated heterocycles. The molecule has 1 atom stereocenters. The number of benzene rings is 2. The number of likely N-dealkylation sites (N-methyl/N-ethyl adjacent to an activating group) is 1. The van der Waals surface area contributed by atoms with Gasteiger partial charge in [-0.3, -0.25) is 0 Å². The Morgan fingerprint density at radius 1 is 1.14 bits per heavy atom. The van der Waals surface area contributed by atoms with Gasteiger partial charge in [-0.05, 0) is 67.3 Å². The fraction of sp³-hybridized carbons (Fsp3) is 0.333. The molecule has 0 heterocycles. The van der Waals surface area contributed by atoms with E-state index in [0.29, 0.717) is 0 Å². The smallest absolute Gasteiger partial charge is 0.123 e. The van der Waals surface area contributed by atoms with Gasteiger partial charge in [0.05, 0.1) is 0 Å². The summed E-state index contributed by atoms with van der Waals surface area (Å²) in [7, 11) is 0. The second-order valence-corrected chi connectivity index (χ2v) is 6.21. The third-order valence-electron chi connectivity index (χ3n) is 3.77.